The number of epoxide rings is 1. The van der Waals surface area contributed by atoms with Crippen molar-refractivity contribution in [2.75, 3.05) is 46.2 Å². The van der Waals surface area contributed by atoms with Gasteiger partial charge in [-0.1, -0.05) is 0 Å². The van der Waals surface area contributed by atoms with E-state index in [1.807, 2.05) is 5.43 Å². The Balaban J connectivity index is 1.35. The molecule has 9 nitrogen and oxygen atoms in total. The molecule has 2 aliphatic heterocycles. The van der Waals surface area contributed by atoms with Crippen LogP contribution >= 0.6 is 0 Å². The number of hydrogen-bond acceptors (Lipinski definition) is 7. The maximum atomic E-state index is 11.6. The van der Waals surface area contributed by atoms with Crippen LogP contribution < -0.4 is 11.3 Å². The van der Waals surface area contributed by atoms with Gasteiger partial charge in [-0.15, -0.1) is 0 Å². The Morgan fingerprint density at radius 1 is 1.17 bits per heavy atom. The lowest BCUT2D eigenvalue weighted by Gasteiger charge is -2.20. The van der Waals surface area contributed by atoms with Crippen molar-refractivity contribution in [1.82, 2.24) is 10.3 Å². The molecule has 1 saturated heterocycles. The molecular weight excluding hydrogens is 306 g/mol. The lowest BCUT2D eigenvalue weighted by atomic mass is 10.2. The van der Waals surface area contributed by atoms with E-state index in [-0.39, 0.29) is 30.6 Å². The van der Waals surface area contributed by atoms with E-state index < -0.39 is 0 Å². The second-order valence-corrected chi connectivity index (χ2v) is 5.04. The highest BCUT2D eigenvalue weighted by Crippen LogP contribution is 2.30. The van der Waals surface area contributed by atoms with Crippen LogP contribution in [0.5, 0.6) is 0 Å². The first-order valence-electron chi connectivity index (χ1n) is 7.59. The number of amides is 2. The van der Waals surface area contributed by atoms with Crippen molar-refractivity contribution in [2.45, 2.75) is 18.8 Å². The summed E-state index contributed by atoms with van der Waals surface area (Å²) in [5.41, 5.74) is 2.02. The van der Waals surface area contributed by atoms with E-state index in [9.17, 15) is 9.59 Å². The highest BCUT2D eigenvalue weighted by Gasteiger charge is 2.46. The van der Waals surface area contributed by atoms with Crippen LogP contribution in [-0.2, 0) is 28.5 Å². The molecule has 2 atom stereocenters. The molecule has 1 fully saturated rings. The quantitative estimate of drug-likeness (QED) is 0.148. The Morgan fingerprint density at radius 3 is 2.52 bits per heavy atom. The van der Waals surface area contributed by atoms with Crippen molar-refractivity contribution in [3.8, 4) is 0 Å². The number of carbonyl (C=O) groups is 2. The average molecular weight is 329 g/mol. The summed E-state index contributed by atoms with van der Waals surface area (Å²) < 4.78 is 21.2. The Labute approximate surface area is 134 Å². The molecule has 0 aromatic rings. The van der Waals surface area contributed by atoms with Gasteiger partial charge in [0.05, 0.1) is 46.1 Å². The number of fused-ring (bicyclic) bond motifs is 1. The summed E-state index contributed by atoms with van der Waals surface area (Å²) in [4.78, 5) is 24.1. The predicted molar refractivity (Wildman–Crippen MR) is 78.9 cm³/mol. The third-order valence-electron chi connectivity index (χ3n) is 3.37. The molecule has 2 amide bonds. The second-order valence-electron chi connectivity index (χ2n) is 5.04. The van der Waals surface area contributed by atoms with Gasteiger partial charge in [0.2, 0.25) is 11.8 Å². The zero-order valence-electron chi connectivity index (χ0n) is 12.9. The summed E-state index contributed by atoms with van der Waals surface area (Å²) in [6.45, 7) is 3.00. The van der Waals surface area contributed by atoms with Gasteiger partial charge in [0.1, 0.15) is 6.10 Å². The van der Waals surface area contributed by atoms with Crippen LogP contribution in [0.3, 0.4) is 0 Å². The van der Waals surface area contributed by atoms with Crippen LogP contribution in [0.2, 0.25) is 0 Å². The monoisotopic (exact) mass is 329 g/mol. The van der Waals surface area contributed by atoms with Gasteiger partial charge in [-0.05, 0) is 6.08 Å². The highest BCUT2D eigenvalue weighted by atomic mass is 16.6. The summed E-state index contributed by atoms with van der Waals surface area (Å²) in [6.07, 6.45) is 3.50. The van der Waals surface area contributed by atoms with Crippen LogP contribution in [0.4, 0.5) is 0 Å². The van der Waals surface area contributed by atoms with E-state index >= 15 is 0 Å². The van der Waals surface area contributed by atoms with Gasteiger partial charge >= 0.3 is 0 Å². The van der Waals surface area contributed by atoms with Crippen LogP contribution in [-0.4, -0.2) is 75.2 Å². The van der Waals surface area contributed by atoms with Gasteiger partial charge in [-0.3, -0.25) is 15.0 Å². The van der Waals surface area contributed by atoms with Gasteiger partial charge in [0.15, 0.2) is 6.23 Å². The van der Waals surface area contributed by atoms with Crippen molar-refractivity contribution < 1.29 is 28.5 Å². The fourth-order valence-corrected chi connectivity index (χ4v) is 2.08. The number of hydrazine groups is 1. The molecule has 2 rings (SSSR count). The molecule has 2 heterocycles. The van der Waals surface area contributed by atoms with E-state index in [0.717, 1.165) is 0 Å². The molecular formula is C14H23N3O6. The van der Waals surface area contributed by atoms with E-state index in [0.29, 0.717) is 46.2 Å². The normalized spacial score (nSPS) is 22.1. The van der Waals surface area contributed by atoms with Crippen molar-refractivity contribution in [2.24, 2.45) is 5.84 Å². The molecule has 2 unspecified atom stereocenters. The summed E-state index contributed by atoms with van der Waals surface area (Å²) in [5.74, 6) is 4.63. The van der Waals surface area contributed by atoms with Crippen LogP contribution in [0.15, 0.2) is 12.2 Å². The predicted octanol–water partition coefficient (Wildman–Crippen LogP) is -1.46. The van der Waals surface area contributed by atoms with Crippen molar-refractivity contribution in [3.05, 3.63) is 12.2 Å². The second kappa shape index (κ2) is 9.58. The SMILES string of the molecule is NNC(=O)CCOCCOCCOCCN1C(=O)C=CC2OC21. The minimum absolute atomic E-state index is 0.0379. The summed E-state index contributed by atoms with van der Waals surface area (Å²) in [7, 11) is 0. The number of ether oxygens (including phenoxy) is 4. The molecule has 23 heavy (non-hydrogen) atoms. The van der Waals surface area contributed by atoms with Gasteiger partial charge < -0.3 is 23.8 Å². The number of nitrogens with zero attached hydrogens (tertiary/aromatic N) is 1. The Kier molecular flexibility index (Phi) is 7.43. The zero-order chi connectivity index (χ0) is 16.5. The third-order valence-corrected chi connectivity index (χ3v) is 3.37. The molecule has 0 aliphatic carbocycles. The lowest BCUT2D eigenvalue weighted by molar-refractivity contribution is -0.129. The number of carbonyl (C=O) groups excluding carboxylic acids is 2. The van der Waals surface area contributed by atoms with Gasteiger partial charge in [0.25, 0.3) is 0 Å². The fraction of sp³-hybridized carbons (Fsp3) is 0.714. The van der Waals surface area contributed by atoms with E-state index in [4.69, 9.17) is 24.8 Å². The molecule has 130 valence electrons. The molecule has 0 aromatic heterocycles. The first-order valence-corrected chi connectivity index (χ1v) is 7.59. The van der Waals surface area contributed by atoms with Crippen molar-refractivity contribution in [1.29, 1.82) is 0 Å². The summed E-state index contributed by atoms with van der Waals surface area (Å²) in [5, 5.41) is 0. The van der Waals surface area contributed by atoms with Crippen molar-refractivity contribution in [3.63, 3.8) is 0 Å². The summed E-state index contributed by atoms with van der Waals surface area (Å²) in [6, 6.07) is 0. The molecule has 3 N–H and O–H groups in total. The minimum atomic E-state index is -0.259. The Morgan fingerprint density at radius 2 is 1.83 bits per heavy atom. The molecule has 0 radical (unpaired) electrons. The zero-order valence-corrected chi connectivity index (χ0v) is 12.9. The maximum absolute atomic E-state index is 11.6. The van der Waals surface area contributed by atoms with Crippen LogP contribution in [0.25, 0.3) is 0 Å². The number of hydrogen-bond donors (Lipinski definition) is 2. The molecule has 0 saturated carbocycles. The first-order chi connectivity index (χ1) is 11.2. The van der Waals surface area contributed by atoms with E-state index in [1.165, 1.54) is 6.08 Å². The standard InChI is InChI=1S/C14H23N3O6/c15-16-12(18)3-5-20-7-9-22-10-8-21-6-4-17-13(19)2-1-11-14(17)23-11/h1-2,11,14H,3-10,15H2,(H,16,18). The van der Waals surface area contributed by atoms with E-state index in [2.05, 4.69) is 0 Å². The third kappa shape index (κ3) is 6.24. The lowest BCUT2D eigenvalue weighted by Crippen LogP contribution is -2.38. The fourth-order valence-electron chi connectivity index (χ4n) is 2.08. The largest absolute Gasteiger partial charge is 0.379 e. The highest BCUT2D eigenvalue weighted by molar-refractivity contribution is 5.89. The maximum Gasteiger partial charge on any atom is 0.248 e. The van der Waals surface area contributed by atoms with Crippen molar-refractivity contribution >= 4 is 11.8 Å². The molecule has 2 aliphatic rings. The van der Waals surface area contributed by atoms with Gasteiger partial charge in [-0.2, -0.15) is 0 Å². The van der Waals surface area contributed by atoms with Crippen LogP contribution in [0.1, 0.15) is 6.42 Å². The van der Waals surface area contributed by atoms with Gasteiger partial charge in [-0.25, -0.2) is 5.84 Å². The minimum Gasteiger partial charge on any atom is -0.379 e. The Hall–Kier alpha value is -1.52. The molecule has 0 bridgehead atoms. The molecule has 9 heteroatoms. The average Bonchev–Trinajstić information content (AvgIpc) is 3.33. The smallest absolute Gasteiger partial charge is 0.248 e. The molecule has 0 aromatic carbocycles. The van der Waals surface area contributed by atoms with Gasteiger partial charge in [0, 0.05) is 12.6 Å². The van der Waals surface area contributed by atoms with Crippen LogP contribution in [0, 0.1) is 0 Å². The topological polar surface area (TPSA) is 116 Å². The molecule has 0 spiro atoms. The Bertz CT molecular complexity index is 431. The number of nitrogens with one attached hydrogen (secondary N) is 1. The number of rotatable bonds is 12. The summed E-state index contributed by atoms with van der Waals surface area (Å²) >= 11 is 0. The first kappa shape index (κ1) is 17.8. The van der Waals surface area contributed by atoms with E-state index in [1.54, 1.807) is 11.0 Å². The number of nitrogens with two attached hydrogens (primary N) is 1.